The van der Waals surface area contributed by atoms with Gasteiger partial charge in [-0.05, 0) is 52.7 Å². The molecule has 0 aromatic heterocycles. The second-order valence-corrected chi connectivity index (χ2v) is 7.18. The van der Waals surface area contributed by atoms with Crippen LogP contribution in [-0.4, -0.2) is 29.7 Å². The molecule has 3 heteroatoms. The van der Waals surface area contributed by atoms with Crippen LogP contribution >= 0.6 is 0 Å². The lowest BCUT2D eigenvalue weighted by Gasteiger charge is -2.37. The molecule has 1 heterocycles. The van der Waals surface area contributed by atoms with Crippen molar-refractivity contribution in [2.75, 3.05) is 13.1 Å². The highest BCUT2D eigenvalue weighted by molar-refractivity contribution is 5.68. The Morgan fingerprint density at radius 3 is 2.59 bits per heavy atom. The minimum atomic E-state index is -0.458. The fraction of sp³-hybridized carbons (Fsp3) is 0.526. The van der Waals surface area contributed by atoms with E-state index in [9.17, 15) is 4.79 Å². The maximum atomic E-state index is 12.2. The van der Waals surface area contributed by atoms with Crippen LogP contribution in [0.15, 0.2) is 30.3 Å². The minimum absolute atomic E-state index is 0.176. The van der Waals surface area contributed by atoms with Crippen molar-refractivity contribution in [3.05, 3.63) is 35.9 Å². The second kappa shape index (κ2) is 6.44. The number of ether oxygens (including phenoxy) is 1. The summed E-state index contributed by atoms with van der Waals surface area (Å²) in [6, 6.07) is 9.97. The van der Waals surface area contributed by atoms with Crippen LogP contribution < -0.4 is 0 Å². The van der Waals surface area contributed by atoms with Gasteiger partial charge in [-0.3, -0.25) is 0 Å². The van der Waals surface area contributed by atoms with E-state index in [-0.39, 0.29) is 11.5 Å². The number of amides is 1. The molecule has 118 valence electrons. The monoisotopic (exact) mass is 299 g/mol. The minimum Gasteiger partial charge on any atom is -0.444 e. The van der Waals surface area contributed by atoms with Gasteiger partial charge in [-0.1, -0.05) is 30.0 Å². The quantitative estimate of drug-likeness (QED) is 0.676. The number of carbonyl (C=O) groups is 1. The lowest BCUT2D eigenvalue weighted by molar-refractivity contribution is 0.0129. The van der Waals surface area contributed by atoms with Gasteiger partial charge in [0.2, 0.25) is 0 Å². The number of nitrogens with zero attached hydrogens (tertiary/aromatic N) is 1. The molecule has 0 bridgehead atoms. The molecule has 0 N–H and O–H groups in total. The largest absolute Gasteiger partial charge is 0.444 e. The second-order valence-electron chi connectivity index (χ2n) is 7.18. The predicted octanol–water partition coefficient (Wildman–Crippen LogP) is 4.08. The van der Waals surface area contributed by atoms with Gasteiger partial charge in [0.25, 0.3) is 0 Å². The third kappa shape index (κ3) is 4.80. The molecule has 1 fully saturated rings. The molecule has 1 atom stereocenters. The molecule has 0 unspecified atom stereocenters. The smallest absolute Gasteiger partial charge is 0.410 e. The summed E-state index contributed by atoms with van der Waals surface area (Å²) >= 11 is 0. The molecule has 1 aromatic rings. The topological polar surface area (TPSA) is 29.5 Å². The normalized spacial score (nSPS) is 21.7. The summed E-state index contributed by atoms with van der Waals surface area (Å²) in [5.41, 5.74) is 0.379. The van der Waals surface area contributed by atoms with Gasteiger partial charge in [0.05, 0.1) is 0 Å². The Balaban J connectivity index is 2.06. The number of benzene rings is 1. The van der Waals surface area contributed by atoms with Crippen LogP contribution in [0.4, 0.5) is 4.79 Å². The molecule has 0 spiro atoms. The molecule has 3 nitrogen and oxygen atoms in total. The Kier molecular flexibility index (Phi) is 4.81. The van der Waals surface area contributed by atoms with Crippen LogP contribution in [-0.2, 0) is 4.74 Å². The summed E-state index contributed by atoms with van der Waals surface area (Å²) < 4.78 is 5.47. The average molecular weight is 299 g/mol. The molecule has 1 aliphatic heterocycles. The van der Waals surface area contributed by atoms with Gasteiger partial charge in [-0.15, -0.1) is 0 Å². The number of hydrogen-bond acceptors (Lipinski definition) is 2. The molecule has 2 rings (SSSR count). The lowest BCUT2D eigenvalue weighted by atomic mass is 9.82. The third-order valence-electron chi connectivity index (χ3n) is 3.63. The number of hydrogen-bond donors (Lipinski definition) is 0. The van der Waals surface area contributed by atoms with Crippen LogP contribution in [0.2, 0.25) is 0 Å². The number of likely N-dealkylation sites (tertiary alicyclic amines) is 1. The van der Waals surface area contributed by atoms with Crippen molar-refractivity contribution in [3.63, 3.8) is 0 Å². The van der Waals surface area contributed by atoms with Crippen molar-refractivity contribution in [2.24, 2.45) is 5.41 Å². The van der Waals surface area contributed by atoms with Gasteiger partial charge in [0.15, 0.2) is 0 Å². The molecule has 1 amide bonds. The molecule has 0 saturated carbocycles. The van der Waals surface area contributed by atoms with E-state index >= 15 is 0 Å². The Bertz CT molecular complexity index is 577. The van der Waals surface area contributed by atoms with Gasteiger partial charge >= 0.3 is 6.09 Å². The maximum absolute atomic E-state index is 12.2. The van der Waals surface area contributed by atoms with E-state index in [4.69, 9.17) is 4.74 Å². The number of carbonyl (C=O) groups excluding carboxylic acids is 1. The van der Waals surface area contributed by atoms with Gasteiger partial charge in [-0.25, -0.2) is 4.79 Å². The molecule has 1 aliphatic rings. The van der Waals surface area contributed by atoms with Gasteiger partial charge < -0.3 is 9.64 Å². The highest BCUT2D eigenvalue weighted by atomic mass is 16.6. The van der Waals surface area contributed by atoms with Crippen LogP contribution in [0.5, 0.6) is 0 Å². The highest BCUT2D eigenvalue weighted by Crippen LogP contribution is 2.29. The van der Waals surface area contributed by atoms with Crippen molar-refractivity contribution in [3.8, 4) is 11.8 Å². The van der Waals surface area contributed by atoms with E-state index in [1.54, 1.807) is 4.90 Å². The number of piperidine rings is 1. The summed E-state index contributed by atoms with van der Waals surface area (Å²) in [6.07, 6.45) is 1.73. The van der Waals surface area contributed by atoms with E-state index in [1.165, 1.54) is 0 Å². The summed E-state index contributed by atoms with van der Waals surface area (Å²) in [4.78, 5) is 14.0. The standard InChI is InChI=1S/C19H25NO2/c1-18(2,3)22-17(21)20-14-8-12-19(4,15-20)13-11-16-9-6-5-7-10-16/h5-7,9-10H,8,12,14-15H2,1-4H3/t19-/m1/s1. The Morgan fingerprint density at radius 2 is 1.95 bits per heavy atom. The molecule has 1 aromatic carbocycles. The fourth-order valence-corrected chi connectivity index (χ4v) is 2.57. The average Bonchev–Trinajstić information content (AvgIpc) is 2.45. The maximum Gasteiger partial charge on any atom is 0.410 e. The van der Waals surface area contributed by atoms with E-state index in [0.717, 1.165) is 24.9 Å². The number of rotatable bonds is 0. The summed E-state index contributed by atoms with van der Waals surface area (Å²) in [6.45, 7) is 9.18. The predicted molar refractivity (Wildman–Crippen MR) is 88.5 cm³/mol. The molecule has 1 saturated heterocycles. The Hall–Kier alpha value is -1.95. The molecule has 22 heavy (non-hydrogen) atoms. The Morgan fingerprint density at radius 1 is 1.27 bits per heavy atom. The van der Waals surface area contributed by atoms with Crippen LogP contribution in [0.3, 0.4) is 0 Å². The lowest BCUT2D eigenvalue weighted by Crippen LogP contribution is -2.46. The first-order valence-corrected chi connectivity index (χ1v) is 7.84. The third-order valence-corrected chi connectivity index (χ3v) is 3.63. The van der Waals surface area contributed by atoms with Crippen LogP contribution in [0.1, 0.15) is 46.1 Å². The van der Waals surface area contributed by atoms with E-state index in [0.29, 0.717) is 6.54 Å². The first kappa shape index (κ1) is 16.4. The van der Waals surface area contributed by atoms with Crippen molar-refractivity contribution >= 4 is 6.09 Å². The van der Waals surface area contributed by atoms with E-state index in [1.807, 2.05) is 51.1 Å². The molecule has 0 radical (unpaired) electrons. The highest BCUT2D eigenvalue weighted by Gasteiger charge is 2.33. The summed E-state index contributed by atoms with van der Waals surface area (Å²) in [7, 11) is 0. The summed E-state index contributed by atoms with van der Waals surface area (Å²) in [5.74, 6) is 6.60. The first-order valence-electron chi connectivity index (χ1n) is 7.84. The zero-order chi connectivity index (χ0) is 16.2. The SMILES string of the molecule is CC(C)(C)OC(=O)N1CCC[C@](C)(C#Cc2ccccc2)C1. The fourth-order valence-electron chi connectivity index (χ4n) is 2.57. The zero-order valence-corrected chi connectivity index (χ0v) is 14.0. The summed E-state index contributed by atoms with van der Waals surface area (Å²) in [5, 5.41) is 0. The molecular formula is C19H25NO2. The first-order chi connectivity index (χ1) is 10.3. The molecule has 0 aliphatic carbocycles. The van der Waals surface area contributed by atoms with Gasteiger partial charge in [0, 0.05) is 24.1 Å². The van der Waals surface area contributed by atoms with Crippen LogP contribution in [0.25, 0.3) is 0 Å². The van der Waals surface area contributed by atoms with E-state index in [2.05, 4.69) is 18.8 Å². The van der Waals surface area contributed by atoms with Crippen LogP contribution in [0, 0.1) is 17.3 Å². The van der Waals surface area contributed by atoms with Crippen molar-refractivity contribution in [1.29, 1.82) is 0 Å². The van der Waals surface area contributed by atoms with Gasteiger partial charge in [0.1, 0.15) is 5.60 Å². The zero-order valence-electron chi connectivity index (χ0n) is 14.0. The Labute approximate surface area is 133 Å². The van der Waals surface area contributed by atoms with Gasteiger partial charge in [-0.2, -0.15) is 0 Å². The van der Waals surface area contributed by atoms with Crippen molar-refractivity contribution < 1.29 is 9.53 Å². The van der Waals surface area contributed by atoms with Crippen molar-refractivity contribution in [2.45, 2.75) is 46.1 Å². The molecular weight excluding hydrogens is 274 g/mol. The van der Waals surface area contributed by atoms with E-state index < -0.39 is 5.60 Å². The van der Waals surface area contributed by atoms with Crippen molar-refractivity contribution in [1.82, 2.24) is 4.90 Å².